The van der Waals surface area contributed by atoms with E-state index in [1.165, 1.54) is 11.3 Å². The molecule has 1 rings (SSSR count). The molecule has 0 radical (unpaired) electrons. The van der Waals surface area contributed by atoms with Crippen molar-refractivity contribution in [1.29, 1.82) is 0 Å². The van der Waals surface area contributed by atoms with E-state index in [0.717, 1.165) is 19.3 Å². The molecule has 5 N–H and O–H groups in total. The van der Waals surface area contributed by atoms with Gasteiger partial charge in [0.2, 0.25) is 0 Å². The van der Waals surface area contributed by atoms with Crippen molar-refractivity contribution in [3.63, 3.8) is 0 Å². The Labute approximate surface area is 125 Å². The first-order valence-corrected chi connectivity index (χ1v) is 7.63. The SMILES string of the molecule is CCCCCCNC(=S)N1[C@@H](CO)[C@H](O)[C@@H](O)[C@@H]1CO. The van der Waals surface area contributed by atoms with Crippen molar-refractivity contribution < 1.29 is 20.4 Å². The first-order chi connectivity index (χ1) is 9.58. The van der Waals surface area contributed by atoms with Crippen molar-refractivity contribution in [2.24, 2.45) is 0 Å². The zero-order valence-electron chi connectivity index (χ0n) is 11.9. The molecule has 0 aliphatic carbocycles. The zero-order valence-corrected chi connectivity index (χ0v) is 12.7. The van der Waals surface area contributed by atoms with Crippen molar-refractivity contribution in [3.8, 4) is 0 Å². The summed E-state index contributed by atoms with van der Waals surface area (Å²) in [5.74, 6) is 0. The molecule has 7 heteroatoms. The zero-order chi connectivity index (χ0) is 15.1. The maximum atomic E-state index is 9.87. The van der Waals surface area contributed by atoms with Crippen molar-refractivity contribution >= 4 is 17.3 Å². The molecular formula is C13H26N2O4S. The summed E-state index contributed by atoms with van der Waals surface area (Å²) < 4.78 is 0. The highest BCUT2D eigenvalue weighted by molar-refractivity contribution is 7.80. The van der Waals surface area contributed by atoms with Crippen LogP contribution in [0.25, 0.3) is 0 Å². The van der Waals surface area contributed by atoms with Gasteiger partial charge in [-0.3, -0.25) is 0 Å². The Balaban J connectivity index is 2.54. The minimum atomic E-state index is -1.11. The molecule has 1 heterocycles. The summed E-state index contributed by atoms with van der Waals surface area (Å²) >= 11 is 5.25. The lowest BCUT2D eigenvalue weighted by atomic mass is 10.1. The highest BCUT2D eigenvalue weighted by Gasteiger charge is 2.47. The van der Waals surface area contributed by atoms with E-state index < -0.39 is 24.3 Å². The van der Waals surface area contributed by atoms with E-state index in [0.29, 0.717) is 11.7 Å². The van der Waals surface area contributed by atoms with E-state index in [1.807, 2.05) is 0 Å². The van der Waals surface area contributed by atoms with Gasteiger partial charge >= 0.3 is 0 Å². The largest absolute Gasteiger partial charge is 0.394 e. The lowest BCUT2D eigenvalue weighted by molar-refractivity contribution is 0.0130. The van der Waals surface area contributed by atoms with Gasteiger partial charge in [0.25, 0.3) is 0 Å². The van der Waals surface area contributed by atoms with Crippen molar-refractivity contribution in [2.45, 2.75) is 56.9 Å². The van der Waals surface area contributed by atoms with Gasteiger partial charge in [0, 0.05) is 6.54 Å². The van der Waals surface area contributed by atoms with Crippen molar-refractivity contribution in [3.05, 3.63) is 0 Å². The molecule has 6 nitrogen and oxygen atoms in total. The van der Waals surface area contributed by atoms with Crippen LogP contribution in [0.5, 0.6) is 0 Å². The van der Waals surface area contributed by atoms with Crippen LogP contribution in [0.4, 0.5) is 0 Å². The number of hydrogen-bond acceptors (Lipinski definition) is 5. The maximum absolute atomic E-state index is 9.87. The van der Waals surface area contributed by atoms with Gasteiger partial charge < -0.3 is 30.6 Å². The Bertz CT molecular complexity index is 290. The van der Waals surface area contributed by atoms with Crippen LogP contribution in [0.15, 0.2) is 0 Å². The van der Waals surface area contributed by atoms with Crippen molar-refractivity contribution in [2.75, 3.05) is 19.8 Å². The number of nitrogens with one attached hydrogen (secondary N) is 1. The number of nitrogens with zero attached hydrogens (tertiary/aromatic N) is 1. The maximum Gasteiger partial charge on any atom is 0.169 e. The molecule has 0 saturated carbocycles. The first-order valence-electron chi connectivity index (χ1n) is 7.22. The fourth-order valence-corrected chi connectivity index (χ4v) is 2.93. The molecule has 1 fully saturated rings. The van der Waals surface area contributed by atoms with Crippen LogP contribution in [0.2, 0.25) is 0 Å². The molecule has 1 aliphatic heterocycles. The predicted molar refractivity (Wildman–Crippen MR) is 80.3 cm³/mol. The second kappa shape index (κ2) is 8.74. The summed E-state index contributed by atoms with van der Waals surface area (Å²) in [6, 6.07) is -1.37. The second-order valence-electron chi connectivity index (χ2n) is 5.18. The summed E-state index contributed by atoms with van der Waals surface area (Å²) in [4.78, 5) is 1.52. The van der Waals surface area contributed by atoms with Crippen molar-refractivity contribution in [1.82, 2.24) is 10.2 Å². The predicted octanol–water partition coefficient (Wildman–Crippen LogP) is -0.800. The third kappa shape index (κ3) is 4.02. The number of aliphatic hydroxyl groups is 4. The number of likely N-dealkylation sites (tertiary alicyclic amines) is 1. The smallest absolute Gasteiger partial charge is 0.169 e. The van der Waals surface area contributed by atoms with Crippen LogP contribution in [0, 0.1) is 0 Å². The van der Waals surface area contributed by atoms with E-state index in [1.54, 1.807) is 0 Å². The van der Waals surface area contributed by atoms with Gasteiger partial charge in [0.15, 0.2) is 5.11 Å². The fraction of sp³-hybridized carbons (Fsp3) is 0.923. The molecule has 0 aromatic carbocycles. The molecule has 1 saturated heterocycles. The molecular weight excluding hydrogens is 280 g/mol. The molecule has 20 heavy (non-hydrogen) atoms. The Kier molecular flexibility index (Phi) is 7.68. The Morgan fingerprint density at radius 1 is 1.05 bits per heavy atom. The van der Waals surface area contributed by atoms with E-state index in [9.17, 15) is 20.4 Å². The van der Waals surface area contributed by atoms with Gasteiger partial charge in [-0.2, -0.15) is 0 Å². The van der Waals surface area contributed by atoms with Crippen LogP contribution < -0.4 is 5.32 Å². The van der Waals surface area contributed by atoms with Crippen LogP contribution in [-0.2, 0) is 0 Å². The fourth-order valence-electron chi connectivity index (χ4n) is 2.56. The molecule has 0 spiro atoms. The summed E-state index contributed by atoms with van der Waals surface area (Å²) in [6.07, 6.45) is 2.21. The monoisotopic (exact) mass is 306 g/mol. The molecule has 0 unspecified atom stereocenters. The number of hydrogen-bond donors (Lipinski definition) is 5. The highest BCUT2D eigenvalue weighted by Crippen LogP contribution is 2.25. The Hall–Kier alpha value is -0.470. The lowest BCUT2D eigenvalue weighted by Crippen LogP contribution is -2.51. The summed E-state index contributed by atoms with van der Waals surface area (Å²) in [6.45, 7) is 2.19. The van der Waals surface area contributed by atoms with E-state index in [2.05, 4.69) is 12.2 Å². The third-order valence-corrected chi connectivity index (χ3v) is 4.12. The number of thiocarbonyl (C=S) groups is 1. The van der Waals surface area contributed by atoms with Gasteiger partial charge in [0.1, 0.15) is 12.2 Å². The first kappa shape index (κ1) is 17.6. The van der Waals surface area contributed by atoms with E-state index in [-0.39, 0.29) is 13.2 Å². The normalized spacial score (nSPS) is 29.8. The summed E-state index contributed by atoms with van der Waals surface area (Å²) in [7, 11) is 0. The van der Waals surface area contributed by atoms with E-state index in [4.69, 9.17) is 12.2 Å². The lowest BCUT2D eigenvalue weighted by Gasteiger charge is -2.31. The molecule has 1 aliphatic rings. The van der Waals surface area contributed by atoms with Gasteiger partial charge in [-0.15, -0.1) is 0 Å². The quantitative estimate of drug-likeness (QED) is 0.310. The van der Waals surface area contributed by atoms with Gasteiger partial charge in [-0.05, 0) is 18.6 Å². The molecule has 4 atom stereocenters. The molecule has 0 bridgehead atoms. The average Bonchev–Trinajstić information content (AvgIpc) is 2.70. The van der Waals surface area contributed by atoms with E-state index >= 15 is 0 Å². The minimum absolute atomic E-state index is 0.327. The second-order valence-corrected chi connectivity index (χ2v) is 5.57. The van der Waals surface area contributed by atoms with Crippen LogP contribution in [0.3, 0.4) is 0 Å². The highest BCUT2D eigenvalue weighted by atomic mass is 32.1. The Morgan fingerprint density at radius 3 is 2.05 bits per heavy atom. The Morgan fingerprint density at radius 2 is 1.60 bits per heavy atom. The number of unbranched alkanes of at least 4 members (excludes halogenated alkanes) is 3. The molecule has 0 amide bonds. The molecule has 118 valence electrons. The summed E-state index contributed by atoms with van der Waals surface area (Å²) in [5.41, 5.74) is 0. The minimum Gasteiger partial charge on any atom is -0.394 e. The number of aliphatic hydroxyl groups excluding tert-OH is 4. The van der Waals surface area contributed by atoms with Gasteiger partial charge in [-0.25, -0.2) is 0 Å². The standard InChI is InChI=1S/C13H26N2O4S/c1-2-3-4-5-6-14-13(20)15-9(7-16)11(18)12(19)10(15)8-17/h9-12,16-19H,2-8H2,1H3,(H,14,20)/t9-,10-,11-,12-/m0/s1. The van der Waals surface area contributed by atoms with Gasteiger partial charge in [0.05, 0.1) is 25.3 Å². The average molecular weight is 306 g/mol. The molecule has 0 aromatic rings. The third-order valence-electron chi connectivity index (χ3n) is 3.77. The van der Waals surface area contributed by atoms with Crippen LogP contribution in [0.1, 0.15) is 32.6 Å². The topological polar surface area (TPSA) is 96.2 Å². The van der Waals surface area contributed by atoms with Crippen LogP contribution in [-0.4, -0.2) is 74.5 Å². The van der Waals surface area contributed by atoms with Crippen LogP contribution >= 0.6 is 12.2 Å². The molecule has 0 aromatic heterocycles. The van der Waals surface area contributed by atoms with Gasteiger partial charge in [-0.1, -0.05) is 26.2 Å². The summed E-state index contributed by atoms with van der Waals surface area (Å²) in [5, 5.41) is 41.9. The number of rotatable bonds is 7.